The monoisotopic (exact) mass is 390 g/mol. The summed E-state index contributed by atoms with van der Waals surface area (Å²) in [5.74, 6) is -0.618. The summed E-state index contributed by atoms with van der Waals surface area (Å²) in [6.45, 7) is 5.63. The van der Waals surface area contributed by atoms with Crippen LogP contribution in [0.25, 0.3) is 0 Å². The third-order valence-corrected chi connectivity index (χ3v) is 5.11. The first kappa shape index (κ1) is 18.7. The van der Waals surface area contributed by atoms with Crippen LogP contribution in [0.3, 0.4) is 0 Å². The molecule has 0 aliphatic carbocycles. The molecule has 3 rings (SSSR count). The van der Waals surface area contributed by atoms with Gasteiger partial charge in [0.1, 0.15) is 5.78 Å². The summed E-state index contributed by atoms with van der Waals surface area (Å²) >= 11 is 12.2. The Bertz CT molecular complexity index is 896. The van der Waals surface area contributed by atoms with E-state index in [1.54, 1.807) is 19.1 Å². The van der Waals surface area contributed by atoms with Gasteiger partial charge in [-0.1, -0.05) is 30.1 Å². The van der Waals surface area contributed by atoms with E-state index in [0.717, 1.165) is 28.1 Å². The van der Waals surface area contributed by atoms with Crippen LogP contribution in [0.5, 0.6) is 0 Å². The molecule has 1 unspecified atom stereocenters. The largest absolute Gasteiger partial charge is 0.300 e. The fraction of sp³-hybridized carbons (Fsp3) is 0.300. The molecule has 1 heterocycles. The minimum absolute atomic E-state index is 0.0523. The van der Waals surface area contributed by atoms with Crippen LogP contribution in [0.1, 0.15) is 42.4 Å². The number of fused-ring (bicyclic) bond motifs is 1. The van der Waals surface area contributed by atoms with Crippen LogP contribution in [-0.2, 0) is 9.59 Å². The molecule has 1 aliphatic rings. The number of halogens is 2. The number of hydrogen-bond acceptors (Lipinski definition) is 3. The zero-order chi connectivity index (χ0) is 19.0. The average molecular weight is 391 g/mol. The van der Waals surface area contributed by atoms with Crippen molar-refractivity contribution in [1.29, 1.82) is 0 Å². The molecule has 1 atom stereocenters. The smallest absolute Gasteiger partial charge is 0.253 e. The molecule has 0 saturated heterocycles. The summed E-state index contributed by atoms with van der Waals surface area (Å²) in [6.07, 6.45) is 0.586. The third kappa shape index (κ3) is 3.44. The number of ketones is 1. The summed E-state index contributed by atoms with van der Waals surface area (Å²) in [7, 11) is 0. The van der Waals surface area contributed by atoms with E-state index in [1.165, 1.54) is 5.01 Å². The van der Waals surface area contributed by atoms with E-state index in [2.05, 4.69) is 5.43 Å². The molecular formula is C20H20Cl2N2O2. The Labute approximate surface area is 163 Å². The molecule has 0 spiro atoms. The molecule has 6 heteroatoms. The highest BCUT2D eigenvalue weighted by molar-refractivity contribution is 6.31. The number of rotatable bonds is 5. The van der Waals surface area contributed by atoms with E-state index < -0.39 is 5.92 Å². The molecule has 2 aromatic rings. The van der Waals surface area contributed by atoms with Crippen molar-refractivity contribution in [3.8, 4) is 0 Å². The van der Waals surface area contributed by atoms with Gasteiger partial charge in [0.15, 0.2) is 0 Å². The molecule has 1 amide bonds. The highest BCUT2D eigenvalue weighted by Gasteiger charge is 2.40. The van der Waals surface area contributed by atoms with Gasteiger partial charge in [0.25, 0.3) is 5.91 Å². The van der Waals surface area contributed by atoms with Crippen molar-refractivity contribution in [3.05, 3.63) is 57.1 Å². The molecule has 0 radical (unpaired) electrons. The topological polar surface area (TPSA) is 49.4 Å². The standard InChI is InChI=1S/C20H20Cl2N2O2/c1-4-15(25)10-17-16-9-14(22)8-12(3)19(16)24(20(17)26)23-18-6-5-13(21)7-11(18)2/h5-9,17,23H,4,10H2,1-3H3. The van der Waals surface area contributed by atoms with Gasteiger partial charge >= 0.3 is 0 Å². The second-order valence-corrected chi connectivity index (χ2v) is 7.43. The van der Waals surface area contributed by atoms with Crippen molar-refractivity contribution < 1.29 is 9.59 Å². The zero-order valence-corrected chi connectivity index (χ0v) is 16.4. The number of aryl methyl sites for hydroxylation is 2. The van der Waals surface area contributed by atoms with Crippen LogP contribution in [0.4, 0.5) is 11.4 Å². The number of anilines is 2. The zero-order valence-electron chi connectivity index (χ0n) is 14.9. The Morgan fingerprint density at radius 3 is 2.46 bits per heavy atom. The number of nitrogens with one attached hydrogen (secondary N) is 1. The van der Waals surface area contributed by atoms with E-state index >= 15 is 0 Å². The molecule has 0 bridgehead atoms. The molecule has 0 saturated carbocycles. The molecule has 26 heavy (non-hydrogen) atoms. The Hall–Kier alpha value is -2.04. The molecule has 0 fully saturated rings. The number of benzene rings is 2. The van der Waals surface area contributed by atoms with E-state index in [0.29, 0.717) is 16.5 Å². The lowest BCUT2D eigenvalue weighted by Gasteiger charge is -2.23. The quantitative estimate of drug-likeness (QED) is 0.739. The van der Waals surface area contributed by atoms with Crippen LogP contribution < -0.4 is 10.4 Å². The maximum atomic E-state index is 13.1. The Morgan fingerprint density at radius 1 is 1.12 bits per heavy atom. The summed E-state index contributed by atoms with van der Waals surface area (Å²) in [6, 6.07) is 9.04. The van der Waals surface area contributed by atoms with Gasteiger partial charge in [-0.25, -0.2) is 5.01 Å². The number of carbonyl (C=O) groups excluding carboxylic acids is 2. The second-order valence-electron chi connectivity index (χ2n) is 6.55. The predicted molar refractivity (Wildman–Crippen MR) is 106 cm³/mol. The van der Waals surface area contributed by atoms with Crippen LogP contribution in [-0.4, -0.2) is 11.7 Å². The maximum Gasteiger partial charge on any atom is 0.253 e. The van der Waals surface area contributed by atoms with Gasteiger partial charge in [-0.15, -0.1) is 0 Å². The second kappa shape index (κ2) is 7.29. The van der Waals surface area contributed by atoms with Crippen molar-refractivity contribution >= 4 is 46.3 Å². The average Bonchev–Trinajstić information content (AvgIpc) is 2.82. The van der Waals surface area contributed by atoms with Gasteiger partial charge in [-0.2, -0.15) is 0 Å². The van der Waals surface area contributed by atoms with Gasteiger partial charge in [0.2, 0.25) is 0 Å². The number of nitrogens with zero attached hydrogens (tertiary/aromatic N) is 1. The highest BCUT2D eigenvalue weighted by Crippen LogP contribution is 2.43. The molecule has 1 N–H and O–H groups in total. The van der Waals surface area contributed by atoms with E-state index in [9.17, 15) is 9.59 Å². The van der Waals surface area contributed by atoms with Crippen LogP contribution in [0, 0.1) is 13.8 Å². The number of amides is 1. The van der Waals surface area contributed by atoms with Gasteiger partial charge < -0.3 is 0 Å². The van der Waals surface area contributed by atoms with Crippen molar-refractivity contribution in [2.24, 2.45) is 0 Å². The molecule has 2 aromatic carbocycles. The SMILES string of the molecule is CCC(=O)CC1C(=O)N(Nc2ccc(Cl)cc2C)c2c(C)cc(Cl)cc21. The molecular weight excluding hydrogens is 371 g/mol. The lowest BCUT2D eigenvalue weighted by molar-refractivity contribution is -0.124. The molecule has 0 aromatic heterocycles. The number of hydrogen-bond donors (Lipinski definition) is 1. The first-order chi connectivity index (χ1) is 12.3. The fourth-order valence-electron chi connectivity index (χ4n) is 3.28. The first-order valence-electron chi connectivity index (χ1n) is 8.50. The van der Waals surface area contributed by atoms with Crippen molar-refractivity contribution in [1.82, 2.24) is 0 Å². The Kier molecular flexibility index (Phi) is 5.26. The van der Waals surface area contributed by atoms with Gasteiger partial charge in [0.05, 0.1) is 17.3 Å². The maximum absolute atomic E-state index is 13.1. The number of hydrazine groups is 1. The molecule has 1 aliphatic heterocycles. The Morgan fingerprint density at radius 2 is 1.81 bits per heavy atom. The summed E-state index contributed by atoms with van der Waals surface area (Å²) in [5, 5.41) is 2.73. The summed E-state index contributed by atoms with van der Waals surface area (Å²) in [4.78, 5) is 25.1. The van der Waals surface area contributed by atoms with E-state index in [-0.39, 0.29) is 18.1 Å². The third-order valence-electron chi connectivity index (χ3n) is 4.66. The van der Waals surface area contributed by atoms with Crippen molar-refractivity contribution in [3.63, 3.8) is 0 Å². The summed E-state index contributed by atoms with van der Waals surface area (Å²) < 4.78 is 0. The van der Waals surface area contributed by atoms with Crippen LogP contribution in [0.15, 0.2) is 30.3 Å². The number of carbonyl (C=O) groups is 2. The van der Waals surface area contributed by atoms with Gasteiger partial charge in [-0.3, -0.25) is 15.0 Å². The molecule has 136 valence electrons. The lowest BCUT2D eigenvalue weighted by atomic mass is 9.93. The van der Waals surface area contributed by atoms with E-state index in [1.807, 2.05) is 32.0 Å². The van der Waals surface area contributed by atoms with Gasteiger partial charge in [0, 0.05) is 22.9 Å². The summed E-state index contributed by atoms with van der Waals surface area (Å²) in [5.41, 5.74) is 7.34. The minimum Gasteiger partial charge on any atom is -0.300 e. The minimum atomic E-state index is -0.519. The van der Waals surface area contributed by atoms with Crippen molar-refractivity contribution in [2.45, 2.75) is 39.5 Å². The van der Waals surface area contributed by atoms with Gasteiger partial charge in [-0.05, 0) is 60.9 Å². The lowest BCUT2D eigenvalue weighted by Crippen LogP contribution is -2.35. The normalized spacial score (nSPS) is 16.0. The molecule has 4 nitrogen and oxygen atoms in total. The Balaban J connectivity index is 2.04. The highest BCUT2D eigenvalue weighted by atomic mass is 35.5. The van der Waals surface area contributed by atoms with Crippen molar-refractivity contribution in [2.75, 3.05) is 10.4 Å². The van der Waals surface area contributed by atoms with E-state index in [4.69, 9.17) is 23.2 Å². The fourth-order valence-corrected chi connectivity index (χ4v) is 3.79. The van der Waals surface area contributed by atoms with Crippen LogP contribution >= 0.6 is 23.2 Å². The number of Topliss-reactive ketones (excluding diaryl/α,β-unsaturated/α-hetero) is 1. The first-order valence-corrected chi connectivity index (χ1v) is 9.26. The van der Waals surface area contributed by atoms with Crippen LogP contribution in [0.2, 0.25) is 10.0 Å². The predicted octanol–water partition coefficient (Wildman–Crippen LogP) is 5.44.